The molecule has 0 aliphatic carbocycles. The Hall–Kier alpha value is -3.42. The van der Waals surface area contributed by atoms with Gasteiger partial charge in [-0.2, -0.15) is 0 Å². The summed E-state index contributed by atoms with van der Waals surface area (Å²) in [6.07, 6.45) is 2.82. The fraction of sp³-hybridized carbons (Fsp3) is 0. The average molecular weight is 299 g/mol. The lowest BCUT2D eigenvalue weighted by molar-refractivity contribution is 0.0698. The van der Waals surface area contributed by atoms with Crippen molar-refractivity contribution < 1.29 is 23.6 Å². The van der Waals surface area contributed by atoms with Crippen LogP contribution in [0, 0.1) is 0 Å². The van der Waals surface area contributed by atoms with Gasteiger partial charge in [0, 0.05) is 6.20 Å². The zero-order valence-electron chi connectivity index (χ0n) is 11.0. The molecule has 0 atom stereocenters. The SMILES string of the molecule is O=C(Nc1onc(-c2ccccn2)c1C(=O)O)c1ccco1. The van der Waals surface area contributed by atoms with Crippen molar-refractivity contribution in [3.63, 3.8) is 0 Å². The summed E-state index contributed by atoms with van der Waals surface area (Å²) >= 11 is 0. The largest absolute Gasteiger partial charge is 0.477 e. The van der Waals surface area contributed by atoms with Crippen LogP contribution in [0.2, 0.25) is 0 Å². The van der Waals surface area contributed by atoms with Gasteiger partial charge in [-0.3, -0.25) is 15.1 Å². The van der Waals surface area contributed by atoms with Crippen LogP contribution in [-0.4, -0.2) is 27.1 Å². The Morgan fingerprint density at radius 1 is 1.18 bits per heavy atom. The highest BCUT2D eigenvalue weighted by atomic mass is 16.5. The number of furan rings is 1. The summed E-state index contributed by atoms with van der Waals surface area (Å²) in [7, 11) is 0. The maximum Gasteiger partial charge on any atom is 0.343 e. The number of hydrogen-bond donors (Lipinski definition) is 2. The molecule has 3 aromatic heterocycles. The van der Waals surface area contributed by atoms with Gasteiger partial charge >= 0.3 is 5.97 Å². The summed E-state index contributed by atoms with van der Waals surface area (Å²) in [6.45, 7) is 0. The summed E-state index contributed by atoms with van der Waals surface area (Å²) < 4.78 is 9.86. The van der Waals surface area contributed by atoms with E-state index in [1.165, 1.54) is 24.6 Å². The first-order chi connectivity index (χ1) is 10.7. The van der Waals surface area contributed by atoms with Gasteiger partial charge in [-0.05, 0) is 24.3 Å². The zero-order chi connectivity index (χ0) is 15.5. The van der Waals surface area contributed by atoms with E-state index in [0.29, 0.717) is 5.69 Å². The van der Waals surface area contributed by atoms with Crippen molar-refractivity contribution in [2.75, 3.05) is 5.32 Å². The monoisotopic (exact) mass is 299 g/mol. The van der Waals surface area contributed by atoms with Crippen LogP contribution < -0.4 is 5.32 Å². The van der Waals surface area contributed by atoms with Gasteiger partial charge < -0.3 is 14.0 Å². The van der Waals surface area contributed by atoms with Crippen molar-refractivity contribution in [2.45, 2.75) is 0 Å². The minimum Gasteiger partial charge on any atom is -0.477 e. The maximum absolute atomic E-state index is 11.9. The first-order valence-corrected chi connectivity index (χ1v) is 6.16. The number of carbonyl (C=O) groups is 2. The van der Waals surface area contributed by atoms with Crippen molar-refractivity contribution in [3.05, 3.63) is 54.1 Å². The molecule has 8 heteroatoms. The van der Waals surface area contributed by atoms with Gasteiger partial charge in [0.15, 0.2) is 11.3 Å². The molecule has 0 unspecified atom stereocenters. The van der Waals surface area contributed by atoms with Crippen LogP contribution in [0.3, 0.4) is 0 Å². The van der Waals surface area contributed by atoms with E-state index in [4.69, 9.17) is 8.94 Å². The van der Waals surface area contributed by atoms with E-state index < -0.39 is 11.9 Å². The summed E-state index contributed by atoms with van der Waals surface area (Å²) in [5.74, 6) is -2.20. The summed E-state index contributed by atoms with van der Waals surface area (Å²) in [5, 5.41) is 15.3. The third-order valence-corrected chi connectivity index (χ3v) is 2.79. The second-order valence-electron chi connectivity index (χ2n) is 4.19. The number of nitrogens with zero attached hydrogens (tertiary/aromatic N) is 2. The predicted octanol–water partition coefficient (Wildman–Crippen LogP) is 2.28. The number of aromatic nitrogens is 2. The summed E-state index contributed by atoms with van der Waals surface area (Å²) in [6, 6.07) is 7.92. The van der Waals surface area contributed by atoms with E-state index in [0.717, 1.165) is 0 Å². The number of rotatable bonds is 4. The lowest BCUT2D eigenvalue weighted by atomic mass is 10.1. The van der Waals surface area contributed by atoms with Crippen LogP contribution in [0.1, 0.15) is 20.9 Å². The van der Waals surface area contributed by atoms with Crippen LogP contribution in [0.4, 0.5) is 5.88 Å². The first-order valence-electron chi connectivity index (χ1n) is 6.16. The van der Waals surface area contributed by atoms with Crippen LogP contribution in [0.25, 0.3) is 11.4 Å². The Morgan fingerprint density at radius 3 is 2.68 bits per heavy atom. The summed E-state index contributed by atoms with van der Waals surface area (Å²) in [5.41, 5.74) is 0.0728. The molecule has 3 heterocycles. The van der Waals surface area contributed by atoms with Gasteiger partial charge in [-0.15, -0.1) is 0 Å². The van der Waals surface area contributed by atoms with Crippen molar-refractivity contribution in [2.24, 2.45) is 0 Å². The van der Waals surface area contributed by atoms with Crippen LogP contribution in [0.5, 0.6) is 0 Å². The standard InChI is InChI=1S/C14H9N3O5/c18-12(9-5-3-7-21-9)16-13-10(14(19)20)11(17-22-13)8-4-1-2-6-15-8/h1-7H,(H,16,18)(H,19,20). The molecule has 3 aromatic rings. The Balaban J connectivity index is 1.97. The number of carboxylic acid groups (broad SMARTS) is 1. The van der Waals surface area contributed by atoms with E-state index in [9.17, 15) is 14.7 Å². The Labute approximate surface area is 123 Å². The molecule has 3 rings (SSSR count). The van der Waals surface area contributed by atoms with Gasteiger partial charge in [-0.1, -0.05) is 11.2 Å². The van der Waals surface area contributed by atoms with E-state index in [1.807, 2.05) is 0 Å². The molecular weight excluding hydrogens is 290 g/mol. The fourth-order valence-electron chi connectivity index (χ4n) is 1.82. The molecule has 0 spiro atoms. The van der Waals surface area contributed by atoms with Crippen molar-refractivity contribution in [3.8, 4) is 11.4 Å². The van der Waals surface area contributed by atoms with Crippen molar-refractivity contribution >= 4 is 17.8 Å². The number of pyridine rings is 1. The minimum atomic E-state index is -1.29. The quantitative estimate of drug-likeness (QED) is 0.758. The summed E-state index contributed by atoms with van der Waals surface area (Å²) in [4.78, 5) is 27.4. The van der Waals surface area contributed by atoms with Crippen molar-refractivity contribution in [1.29, 1.82) is 0 Å². The second-order valence-corrected chi connectivity index (χ2v) is 4.19. The van der Waals surface area contributed by atoms with E-state index in [1.54, 1.807) is 18.2 Å². The molecule has 110 valence electrons. The van der Waals surface area contributed by atoms with Gasteiger partial charge in [0.05, 0.1) is 12.0 Å². The van der Waals surface area contributed by atoms with Gasteiger partial charge in [0.2, 0.25) is 5.88 Å². The van der Waals surface area contributed by atoms with Crippen LogP contribution in [0.15, 0.2) is 51.7 Å². The highest BCUT2D eigenvalue weighted by molar-refractivity contribution is 6.07. The minimum absolute atomic E-state index is 0.0205. The van der Waals surface area contributed by atoms with Gasteiger partial charge in [0.1, 0.15) is 5.69 Å². The molecule has 8 nitrogen and oxygen atoms in total. The van der Waals surface area contributed by atoms with E-state index in [2.05, 4.69) is 15.5 Å². The molecule has 1 amide bonds. The van der Waals surface area contributed by atoms with Crippen molar-refractivity contribution in [1.82, 2.24) is 10.1 Å². The predicted molar refractivity (Wildman–Crippen MR) is 73.4 cm³/mol. The number of anilines is 1. The highest BCUT2D eigenvalue weighted by Crippen LogP contribution is 2.27. The Bertz CT molecular complexity index is 808. The normalized spacial score (nSPS) is 10.4. The number of amides is 1. The zero-order valence-corrected chi connectivity index (χ0v) is 11.0. The molecule has 0 bridgehead atoms. The molecule has 0 aromatic carbocycles. The van der Waals surface area contributed by atoms with Gasteiger partial charge in [0.25, 0.3) is 5.91 Å². The lowest BCUT2D eigenvalue weighted by Crippen LogP contribution is -2.13. The third-order valence-electron chi connectivity index (χ3n) is 2.79. The number of nitrogens with one attached hydrogen (secondary N) is 1. The number of carbonyl (C=O) groups excluding carboxylic acids is 1. The van der Waals surface area contributed by atoms with Gasteiger partial charge in [-0.25, -0.2) is 4.79 Å². The molecule has 0 saturated heterocycles. The van der Waals surface area contributed by atoms with E-state index >= 15 is 0 Å². The number of carboxylic acids is 1. The van der Waals surface area contributed by atoms with E-state index in [-0.39, 0.29) is 22.9 Å². The topological polar surface area (TPSA) is 118 Å². The molecule has 0 aliphatic rings. The van der Waals surface area contributed by atoms with Crippen LogP contribution in [-0.2, 0) is 0 Å². The maximum atomic E-state index is 11.9. The molecule has 0 aliphatic heterocycles. The number of hydrogen-bond acceptors (Lipinski definition) is 6. The van der Waals surface area contributed by atoms with Crippen LogP contribution >= 0.6 is 0 Å². The molecule has 0 fully saturated rings. The highest BCUT2D eigenvalue weighted by Gasteiger charge is 2.26. The third kappa shape index (κ3) is 2.44. The molecule has 0 radical (unpaired) electrons. The average Bonchev–Trinajstić information content (AvgIpc) is 3.17. The Morgan fingerprint density at radius 2 is 2.05 bits per heavy atom. The molecule has 22 heavy (non-hydrogen) atoms. The molecule has 2 N–H and O–H groups in total. The molecular formula is C14H9N3O5. The first kappa shape index (κ1) is 13.6. The lowest BCUT2D eigenvalue weighted by Gasteiger charge is -2.00. The fourth-order valence-corrected chi connectivity index (χ4v) is 1.82. The Kier molecular flexibility index (Phi) is 3.40. The smallest absolute Gasteiger partial charge is 0.343 e. The second kappa shape index (κ2) is 5.52. The number of aromatic carboxylic acids is 1. The molecule has 0 saturated carbocycles.